The van der Waals surface area contributed by atoms with Crippen LogP contribution in [-0.4, -0.2) is 64.0 Å². The third-order valence-electron chi connectivity index (χ3n) is 3.04. The van der Waals surface area contributed by atoms with Crippen LogP contribution in [0.4, 0.5) is 0 Å². The summed E-state index contributed by atoms with van der Waals surface area (Å²) in [4.78, 5) is 37.0. The van der Waals surface area contributed by atoms with Crippen LogP contribution in [0.3, 0.4) is 0 Å². The summed E-state index contributed by atoms with van der Waals surface area (Å²) in [7, 11) is 0. The molecule has 0 aromatic carbocycles. The molecule has 1 unspecified atom stereocenters. The largest absolute Gasteiger partial charge is 0.481 e. The second-order valence-corrected chi connectivity index (χ2v) is 5.19. The highest BCUT2D eigenvalue weighted by atomic mass is 32.2. The summed E-state index contributed by atoms with van der Waals surface area (Å²) >= 11 is 1.49. The Balaban J connectivity index is 1.85. The van der Waals surface area contributed by atoms with E-state index in [1.54, 1.807) is 0 Å². The van der Waals surface area contributed by atoms with Crippen molar-refractivity contribution >= 4 is 29.5 Å². The van der Waals surface area contributed by atoms with Crippen molar-refractivity contribution in [2.75, 3.05) is 31.3 Å². The van der Waals surface area contributed by atoms with Gasteiger partial charge in [0.2, 0.25) is 11.8 Å². The number of amides is 2. The predicted molar refractivity (Wildman–Crippen MR) is 61.4 cm³/mol. The van der Waals surface area contributed by atoms with Gasteiger partial charge in [0, 0.05) is 13.1 Å². The number of hydrogen-bond donors (Lipinski definition) is 1. The highest BCUT2D eigenvalue weighted by Gasteiger charge is 2.32. The van der Waals surface area contributed by atoms with Gasteiger partial charge < -0.3 is 14.9 Å². The van der Waals surface area contributed by atoms with Crippen LogP contribution in [0.15, 0.2) is 0 Å². The van der Waals surface area contributed by atoms with Gasteiger partial charge in [-0.15, -0.1) is 11.8 Å². The Labute approximate surface area is 103 Å². The van der Waals surface area contributed by atoms with Crippen molar-refractivity contribution < 1.29 is 19.5 Å². The van der Waals surface area contributed by atoms with Crippen molar-refractivity contribution in [3.05, 3.63) is 0 Å². The molecular formula is C10H14N2O4S. The quantitative estimate of drug-likeness (QED) is 0.735. The minimum Gasteiger partial charge on any atom is -0.481 e. The van der Waals surface area contributed by atoms with Crippen molar-refractivity contribution in [2.45, 2.75) is 6.42 Å². The molecule has 1 N–H and O–H groups in total. The van der Waals surface area contributed by atoms with E-state index in [9.17, 15) is 14.4 Å². The van der Waals surface area contributed by atoms with Gasteiger partial charge in [0.05, 0.1) is 17.5 Å². The predicted octanol–water partition coefficient (Wildman–Crippen LogP) is -0.548. The lowest BCUT2D eigenvalue weighted by Crippen LogP contribution is -2.40. The van der Waals surface area contributed by atoms with Gasteiger partial charge in [0.15, 0.2) is 0 Å². The minimum absolute atomic E-state index is 0.0164. The normalized spacial score (nSPS) is 24.5. The SMILES string of the molecule is O=C(O)C1CCN(C(=O)CN2CSCC2=O)C1. The molecular weight excluding hydrogens is 244 g/mol. The molecule has 6 nitrogen and oxygen atoms in total. The Morgan fingerprint density at radius 1 is 1.47 bits per heavy atom. The van der Waals surface area contributed by atoms with E-state index in [0.29, 0.717) is 24.6 Å². The van der Waals surface area contributed by atoms with E-state index in [0.717, 1.165) is 0 Å². The van der Waals surface area contributed by atoms with Gasteiger partial charge in [-0.3, -0.25) is 14.4 Å². The highest BCUT2D eigenvalue weighted by molar-refractivity contribution is 8.00. The third-order valence-corrected chi connectivity index (χ3v) is 3.99. The van der Waals surface area contributed by atoms with Gasteiger partial charge in [0.1, 0.15) is 6.54 Å². The van der Waals surface area contributed by atoms with Gasteiger partial charge >= 0.3 is 5.97 Å². The number of carboxylic acid groups (broad SMARTS) is 1. The molecule has 0 aromatic rings. The van der Waals surface area contributed by atoms with Crippen LogP contribution in [-0.2, 0) is 14.4 Å². The fraction of sp³-hybridized carbons (Fsp3) is 0.700. The molecule has 2 fully saturated rings. The first-order valence-corrected chi connectivity index (χ1v) is 6.59. The van der Waals surface area contributed by atoms with Gasteiger partial charge in [-0.1, -0.05) is 0 Å². The topological polar surface area (TPSA) is 77.9 Å². The summed E-state index contributed by atoms with van der Waals surface area (Å²) in [5.74, 6) is -0.483. The zero-order chi connectivity index (χ0) is 12.4. The number of carbonyl (C=O) groups excluding carboxylic acids is 2. The van der Waals surface area contributed by atoms with Gasteiger partial charge in [-0.25, -0.2) is 0 Å². The maximum atomic E-state index is 11.8. The van der Waals surface area contributed by atoms with Crippen LogP contribution >= 0.6 is 11.8 Å². The highest BCUT2D eigenvalue weighted by Crippen LogP contribution is 2.18. The summed E-state index contributed by atoms with van der Waals surface area (Å²) in [6.45, 7) is 0.826. The Hall–Kier alpha value is -1.24. The first-order chi connectivity index (χ1) is 8.08. The molecule has 0 spiro atoms. The first kappa shape index (κ1) is 12.2. The van der Waals surface area contributed by atoms with E-state index in [2.05, 4.69) is 0 Å². The minimum atomic E-state index is -0.854. The Morgan fingerprint density at radius 3 is 2.76 bits per heavy atom. The maximum absolute atomic E-state index is 11.8. The lowest BCUT2D eigenvalue weighted by Gasteiger charge is -2.20. The summed E-state index contributed by atoms with van der Waals surface area (Å²) < 4.78 is 0. The number of thioether (sulfide) groups is 1. The number of rotatable bonds is 3. The average Bonchev–Trinajstić information content (AvgIpc) is 2.88. The van der Waals surface area contributed by atoms with E-state index in [-0.39, 0.29) is 24.9 Å². The molecule has 0 bridgehead atoms. The van der Waals surface area contributed by atoms with Crippen LogP contribution < -0.4 is 0 Å². The van der Waals surface area contributed by atoms with Crippen molar-refractivity contribution in [1.82, 2.24) is 9.80 Å². The van der Waals surface area contributed by atoms with E-state index < -0.39 is 11.9 Å². The number of hydrogen-bond acceptors (Lipinski definition) is 4. The molecule has 94 valence electrons. The van der Waals surface area contributed by atoms with Crippen LogP contribution in [0.1, 0.15) is 6.42 Å². The standard InChI is InChI=1S/C10H14N2O4S/c13-8(4-12-6-17-5-9(12)14)11-2-1-7(3-11)10(15)16/h7H,1-6H2,(H,15,16). The molecule has 2 aliphatic heterocycles. The second kappa shape index (κ2) is 4.95. The Kier molecular flexibility index (Phi) is 3.56. The molecule has 2 rings (SSSR count). The molecule has 2 aliphatic rings. The van der Waals surface area contributed by atoms with E-state index >= 15 is 0 Å². The first-order valence-electron chi connectivity index (χ1n) is 5.44. The molecule has 7 heteroatoms. The number of nitrogens with zero attached hydrogens (tertiary/aromatic N) is 2. The van der Waals surface area contributed by atoms with Crippen molar-refractivity contribution in [3.63, 3.8) is 0 Å². The van der Waals surface area contributed by atoms with Crippen LogP contribution in [0, 0.1) is 5.92 Å². The number of aliphatic carboxylic acids is 1. The molecule has 0 saturated carbocycles. The van der Waals surface area contributed by atoms with Crippen molar-refractivity contribution in [1.29, 1.82) is 0 Å². The van der Waals surface area contributed by atoms with Crippen LogP contribution in [0.2, 0.25) is 0 Å². The van der Waals surface area contributed by atoms with Gasteiger partial charge in [-0.2, -0.15) is 0 Å². The van der Waals surface area contributed by atoms with Crippen LogP contribution in [0.5, 0.6) is 0 Å². The molecule has 0 aromatic heterocycles. The van der Waals surface area contributed by atoms with Gasteiger partial charge in [-0.05, 0) is 6.42 Å². The summed E-state index contributed by atoms with van der Waals surface area (Å²) in [5.41, 5.74) is 0. The van der Waals surface area contributed by atoms with E-state index in [1.165, 1.54) is 21.6 Å². The Bertz CT molecular complexity index is 360. The summed E-state index contributed by atoms with van der Waals surface area (Å²) in [6.07, 6.45) is 0.504. The maximum Gasteiger partial charge on any atom is 0.308 e. The van der Waals surface area contributed by atoms with E-state index in [4.69, 9.17) is 5.11 Å². The van der Waals surface area contributed by atoms with Crippen molar-refractivity contribution in [2.24, 2.45) is 5.92 Å². The number of carboxylic acids is 1. The Morgan fingerprint density at radius 2 is 2.24 bits per heavy atom. The molecule has 17 heavy (non-hydrogen) atoms. The van der Waals surface area contributed by atoms with Crippen LogP contribution in [0.25, 0.3) is 0 Å². The fourth-order valence-electron chi connectivity index (χ4n) is 1.99. The zero-order valence-corrected chi connectivity index (χ0v) is 10.1. The lowest BCUT2D eigenvalue weighted by atomic mass is 10.1. The molecule has 1 atom stereocenters. The number of likely N-dealkylation sites (tertiary alicyclic amines) is 1. The molecule has 0 radical (unpaired) electrons. The molecule has 2 heterocycles. The smallest absolute Gasteiger partial charge is 0.308 e. The second-order valence-electron chi connectivity index (χ2n) is 4.23. The number of carbonyl (C=O) groups is 3. The van der Waals surface area contributed by atoms with Gasteiger partial charge in [0.25, 0.3) is 0 Å². The average molecular weight is 258 g/mol. The molecule has 0 aliphatic carbocycles. The lowest BCUT2D eigenvalue weighted by molar-refractivity contribution is -0.142. The fourth-order valence-corrected chi connectivity index (χ4v) is 2.90. The molecule has 2 saturated heterocycles. The summed E-state index contributed by atoms with van der Waals surface area (Å²) in [5, 5.41) is 8.83. The third kappa shape index (κ3) is 2.71. The zero-order valence-electron chi connectivity index (χ0n) is 9.29. The molecule has 2 amide bonds. The monoisotopic (exact) mass is 258 g/mol. The van der Waals surface area contributed by atoms with Crippen molar-refractivity contribution in [3.8, 4) is 0 Å². The van der Waals surface area contributed by atoms with E-state index in [1.807, 2.05) is 0 Å². The summed E-state index contributed by atoms with van der Waals surface area (Å²) in [6, 6.07) is 0.